The van der Waals surface area contributed by atoms with Crippen molar-refractivity contribution in [1.82, 2.24) is 14.8 Å². The zero-order valence-corrected chi connectivity index (χ0v) is 14.5. The highest BCUT2D eigenvalue weighted by Crippen LogP contribution is 2.31. The molecule has 2 aromatic rings. The molecule has 2 rings (SSSR count). The van der Waals surface area contributed by atoms with Gasteiger partial charge >= 0.3 is 5.69 Å². The number of hydrogen-bond donors (Lipinski definition) is 2. The maximum atomic E-state index is 11.7. The van der Waals surface area contributed by atoms with E-state index < -0.39 is 0 Å². The molecule has 0 fully saturated rings. The zero-order chi connectivity index (χ0) is 15.4. The average molecular weight is 371 g/mol. The van der Waals surface area contributed by atoms with E-state index >= 15 is 0 Å². The molecular weight excluding hydrogens is 352 g/mol. The van der Waals surface area contributed by atoms with Crippen LogP contribution < -0.4 is 11.4 Å². The highest BCUT2D eigenvalue weighted by atomic mass is 79.9. The van der Waals surface area contributed by atoms with Crippen LogP contribution in [0.4, 0.5) is 0 Å². The Labute approximate surface area is 136 Å². The SMILES string of the molecule is CCCn1c(Sc2ccc(Br)cc2CC(C)N)n[nH]c1=O. The number of aromatic amines is 1. The number of H-pyrrole nitrogens is 1. The number of nitrogens with one attached hydrogen (secondary N) is 1. The van der Waals surface area contributed by atoms with Gasteiger partial charge in [0.15, 0.2) is 5.16 Å². The summed E-state index contributed by atoms with van der Waals surface area (Å²) in [7, 11) is 0. The Balaban J connectivity index is 2.33. The summed E-state index contributed by atoms with van der Waals surface area (Å²) in [6.45, 7) is 4.68. The summed E-state index contributed by atoms with van der Waals surface area (Å²) in [6, 6.07) is 6.17. The van der Waals surface area contributed by atoms with Crippen molar-refractivity contribution in [2.45, 2.75) is 49.3 Å². The molecular formula is C14H19BrN4OS. The number of benzene rings is 1. The predicted molar refractivity (Wildman–Crippen MR) is 88.8 cm³/mol. The fourth-order valence-electron chi connectivity index (χ4n) is 2.05. The second kappa shape index (κ2) is 7.29. The van der Waals surface area contributed by atoms with Gasteiger partial charge in [0.1, 0.15) is 0 Å². The van der Waals surface area contributed by atoms with Crippen LogP contribution in [0.5, 0.6) is 0 Å². The minimum absolute atomic E-state index is 0.0793. The van der Waals surface area contributed by atoms with E-state index in [1.54, 1.807) is 4.57 Å². The van der Waals surface area contributed by atoms with Gasteiger partial charge in [-0.05, 0) is 55.3 Å². The molecule has 0 amide bonds. The summed E-state index contributed by atoms with van der Waals surface area (Å²) in [4.78, 5) is 12.8. The van der Waals surface area contributed by atoms with Gasteiger partial charge in [0.25, 0.3) is 0 Å². The lowest BCUT2D eigenvalue weighted by atomic mass is 10.1. The van der Waals surface area contributed by atoms with Crippen LogP contribution in [0.15, 0.2) is 37.5 Å². The normalized spacial score (nSPS) is 12.6. The Hall–Kier alpha value is -1.05. The van der Waals surface area contributed by atoms with Crippen molar-refractivity contribution >= 4 is 27.7 Å². The number of nitrogens with zero attached hydrogens (tertiary/aromatic N) is 2. The van der Waals surface area contributed by atoms with Crippen LogP contribution in [-0.4, -0.2) is 20.8 Å². The molecule has 0 aliphatic carbocycles. The van der Waals surface area contributed by atoms with E-state index in [0.717, 1.165) is 27.8 Å². The first kappa shape index (κ1) is 16.3. The Kier molecular flexibility index (Phi) is 5.66. The molecule has 0 aliphatic rings. The van der Waals surface area contributed by atoms with Crippen LogP contribution in [0.2, 0.25) is 0 Å². The van der Waals surface area contributed by atoms with Crippen LogP contribution >= 0.6 is 27.7 Å². The molecule has 1 heterocycles. The van der Waals surface area contributed by atoms with E-state index in [1.165, 1.54) is 11.8 Å². The topological polar surface area (TPSA) is 76.7 Å². The molecule has 1 aromatic carbocycles. The van der Waals surface area contributed by atoms with E-state index in [-0.39, 0.29) is 11.7 Å². The van der Waals surface area contributed by atoms with Gasteiger partial charge in [-0.25, -0.2) is 9.89 Å². The Bertz CT molecular complexity index is 665. The van der Waals surface area contributed by atoms with Crippen molar-refractivity contribution in [1.29, 1.82) is 0 Å². The molecule has 0 radical (unpaired) electrons. The predicted octanol–water partition coefficient (Wildman–Crippen LogP) is 2.78. The van der Waals surface area contributed by atoms with E-state index in [4.69, 9.17) is 5.73 Å². The van der Waals surface area contributed by atoms with Crippen molar-refractivity contribution in [2.75, 3.05) is 0 Å². The molecule has 1 atom stereocenters. The molecule has 1 unspecified atom stereocenters. The van der Waals surface area contributed by atoms with Crippen LogP contribution in [0.3, 0.4) is 0 Å². The molecule has 1 aromatic heterocycles. The fraction of sp³-hybridized carbons (Fsp3) is 0.429. The second-order valence-corrected chi connectivity index (χ2v) is 6.92. The monoisotopic (exact) mass is 370 g/mol. The van der Waals surface area contributed by atoms with Crippen molar-refractivity contribution < 1.29 is 0 Å². The van der Waals surface area contributed by atoms with Crippen LogP contribution in [0.1, 0.15) is 25.8 Å². The van der Waals surface area contributed by atoms with Gasteiger partial charge in [-0.1, -0.05) is 22.9 Å². The molecule has 3 N–H and O–H groups in total. The third-order valence-corrected chi connectivity index (χ3v) is 4.54. The maximum absolute atomic E-state index is 11.7. The minimum Gasteiger partial charge on any atom is -0.328 e. The van der Waals surface area contributed by atoms with Gasteiger partial charge in [-0.2, -0.15) is 0 Å². The first-order valence-corrected chi connectivity index (χ1v) is 8.49. The van der Waals surface area contributed by atoms with Gasteiger partial charge in [-0.3, -0.25) is 4.57 Å². The molecule has 7 heteroatoms. The van der Waals surface area contributed by atoms with Crippen molar-refractivity contribution in [2.24, 2.45) is 5.73 Å². The fourth-order valence-corrected chi connectivity index (χ4v) is 3.44. The third kappa shape index (κ3) is 4.21. The average Bonchev–Trinajstić information content (AvgIpc) is 2.74. The number of rotatable bonds is 6. The lowest BCUT2D eigenvalue weighted by Gasteiger charge is -2.12. The molecule has 114 valence electrons. The highest BCUT2D eigenvalue weighted by molar-refractivity contribution is 9.10. The molecule has 0 bridgehead atoms. The summed E-state index contributed by atoms with van der Waals surface area (Å²) in [5, 5.41) is 7.32. The van der Waals surface area contributed by atoms with Crippen molar-refractivity contribution in [3.8, 4) is 0 Å². The Morgan fingerprint density at radius 2 is 2.29 bits per heavy atom. The standard InChI is InChI=1S/C14H19BrN4OS/c1-3-6-19-13(20)17-18-14(19)21-12-5-4-11(15)8-10(12)7-9(2)16/h4-5,8-9H,3,6-7,16H2,1-2H3,(H,17,20). The summed E-state index contributed by atoms with van der Waals surface area (Å²) >= 11 is 4.98. The van der Waals surface area contributed by atoms with Crippen LogP contribution in [0, 0.1) is 0 Å². The lowest BCUT2D eigenvalue weighted by Crippen LogP contribution is -2.18. The summed E-state index contributed by atoms with van der Waals surface area (Å²) in [6.07, 6.45) is 1.67. The minimum atomic E-state index is -0.162. The third-order valence-electron chi connectivity index (χ3n) is 2.94. The smallest absolute Gasteiger partial charge is 0.328 e. The first-order valence-electron chi connectivity index (χ1n) is 6.88. The molecule has 0 aliphatic heterocycles. The summed E-state index contributed by atoms with van der Waals surface area (Å²) < 4.78 is 2.69. The maximum Gasteiger partial charge on any atom is 0.343 e. The van der Waals surface area contributed by atoms with Crippen molar-refractivity contribution in [3.63, 3.8) is 0 Å². The molecule has 0 saturated heterocycles. The zero-order valence-electron chi connectivity index (χ0n) is 12.1. The first-order chi connectivity index (χ1) is 10.0. The van der Waals surface area contributed by atoms with Crippen LogP contribution in [-0.2, 0) is 13.0 Å². The number of nitrogens with two attached hydrogens (primary N) is 1. The molecule has 0 spiro atoms. The quantitative estimate of drug-likeness (QED) is 0.819. The molecule has 5 nitrogen and oxygen atoms in total. The summed E-state index contributed by atoms with van der Waals surface area (Å²) in [5.41, 5.74) is 6.91. The van der Waals surface area contributed by atoms with E-state index in [2.05, 4.69) is 32.2 Å². The van der Waals surface area contributed by atoms with E-state index in [9.17, 15) is 4.79 Å². The van der Waals surface area contributed by atoms with Gasteiger partial charge < -0.3 is 5.73 Å². The van der Waals surface area contributed by atoms with Crippen molar-refractivity contribution in [3.05, 3.63) is 38.7 Å². The van der Waals surface area contributed by atoms with Gasteiger partial charge in [0.2, 0.25) is 0 Å². The second-order valence-electron chi connectivity index (χ2n) is 5.00. The van der Waals surface area contributed by atoms with Gasteiger partial charge in [0, 0.05) is 22.0 Å². The Morgan fingerprint density at radius 1 is 1.52 bits per heavy atom. The molecule has 21 heavy (non-hydrogen) atoms. The van der Waals surface area contributed by atoms with Crippen LogP contribution in [0.25, 0.3) is 0 Å². The largest absolute Gasteiger partial charge is 0.343 e. The van der Waals surface area contributed by atoms with E-state index in [1.807, 2.05) is 26.0 Å². The van der Waals surface area contributed by atoms with E-state index in [0.29, 0.717) is 11.7 Å². The highest BCUT2D eigenvalue weighted by Gasteiger charge is 2.13. The lowest BCUT2D eigenvalue weighted by molar-refractivity contribution is 0.603. The Morgan fingerprint density at radius 3 is 2.95 bits per heavy atom. The van der Waals surface area contributed by atoms with Gasteiger partial charge in [0.05, 0.1) is 0 Å². The molecule has 0 saturated carbocycles. The number of hydrogen-bond acceptors (Lipinski definition) is 4. The number of halogens is 1. The van der Waals surface area contributed by atoms with Gasteiger partial charge in [-0.15, -0.1) is 5.10 Å². The summed E-state index contributed by atoms with van der Waals surface area (Å²) in [5.74, 6) is 0. The number of aromatic nitrogens is 3.